The van der Waals surface area contributed by atoms with Gasteiger partial charge in [-0.3, -0.25) is 9.59 Å². The van der Waals surface area contributed by atoms with Crippen molar-refractivity contribution in [2.45, 2.75) is 159 Å². The van der Waals surface area contributed by atoms with Crippen molar-refractivity contribution >= 4 is 59.6 Å². The molecule has 0 amide bonds. The third-order valence-electron chi connectivity index (χ3n) is 13.4. The van der Waals surface area contributed by atoms with Gasteiger partial charge in [-0.2, -0.15) is 5.70 Å². The molecule has 8 heteroatoms. The van der Waals surface area contributed by atoms with E-state index in [-0.39, 0.29) is 46.9 Å². The van der Waals surface area contributed by atoms with Gasteiger partial charge in [0.2, 0.25) is 0 Å². The summed E-state index contributed by atoms with van der Waals surface area (Å²) in [5, 5.41) is 7.03. The zero-order chi connectivity index (χ0) is 42.8. The molecule has 0 aromatic carbocycles. The predicted molar refractivity (Wildman–Crippen MR) is 251 cm³/mol. The van der Waals surface area contributed by atoms with E-state index in [9.17, 15) is 9.59 Å². The Labute approximate surface area is 378 Å². The number of aromatic nitrogens is 3. The number of ether oxygens (including phenoxy) is 1. The van der Waals surface area contributed by atoms with Gasteiger partial charge in [-0.15, -0.1) is 39.5 Å². The van der Waals surface area contributed by atoms with Crippen molar-refractivity contribution in [1.29, 1.82) is 0 Å². The van der Waals surface area contributed by atoms with Crippen molar-refractivity contribution in [3.63, 3.8) is 0 Å². The van der Waals surface area contributed by atoms with Gasteiger partial charge in [0.05, 0.1) is 0 Å². The molecule has 0 aliphatic carbocycles. The minimum atomic E-state index is -0.191. The fourth-order valence-corrected chi connectivity index (χ4v) is 9.35. The average Bonchev–Trinajstić information content (AvgIpc) is 3.85. The topological polar surface area (TPSA) is 99.8 Å². The maximum Gasteiger partial charge on any atom is 2.00 e. The van der Waals surface area contributed by atoms with Crippen molar-refractivity contribution in [2.24, 2.45) is 29.6 Å². The fraction of sp³-hybridized carbons (Fsp3) is 0.577. The summed E-state index contributed by atoms with van der Waals surface area (Å²) in [6.07, 6.45) is 24.8. The van der Waals surface area contributed by atoms with Crippen LogP contribution in [0.25, 0.3) is 29.6 Å². The van der Waals surface area contributed by atoms with Gasteiger partial charge in [-0.05, 0) is 100 Å². The molecule has 2 aliphatic heterocycles. The quantitative estimate of drug-likeness (QED) is 0.0487. The van der Waals surface area contributed by atoms with Gasteiger partial charge in [0.15, 0.2) is 0 Å². The number of nitrogens with zero attached hydrogens (tertiary/aromatic N) is 4. The molecular formula is C52H72MgN4O3-2. The summed E-state index contributed by atoms with van der Waals surface area (Å²) in [6.45, 7) is 26.5. The summed E-state index contributed by atoms with van der Waals surface area (Å²) >= 11 is 0. The van der Waals surface area contributed by atoms with Gasteiger partial charge < -0.3 is 25.0 Å². The summed E-state index contributed by atoms with van der Waals surface area (Å²) in [5.74, 6) is 2.34. The summed E-state index contributed by atoms with van der Waals surface area (Å²) in [6, 6.07) is -0.155. The Morgan fingerprint density at radius 1 is 0.833 bits per heavy atom. The normalized spacial score (nSPS) is 20.5. The van der Waals surface area contributed by atoms with Crippen LogP contribution < -0.4 is 25.7 Å². The van der Waals surface area contributed by atoms with E-state index in [0.717, 1.165) is 104 Å². The van der Waals surface area contributed by atoms with E-state index in [1.165, 1.54) is 56.9 Å². The molecule has 1 saturated heterocycles. The Hall–Kier alpha value is -3.49. The second-order valence-electron chi connectivity index (χ2n) is 18.4. The first-order valence-corrected chi connectivity index (χ1v) is 22.7. The minimum Gasteiger partial charge on any atom is -0.684 e. The van der Waals surface area contributed by atoms with Crippen molar-refractivity contribution in [1.82, 2.24) is 15.0 Å². The molecular weight excluding hydrogens is 753 g/mol. The van der Waals surface area contributed by atoms with E-state index in [1.54, 1.807) is 0 Å². The van der Waals surface area contributed by atoms with E-state index in [4.69, 9.17) is 25.0 Å². The molecule has 322 valence electrons. The molecule has 7 nitrogen and oxygen atoms in total. The molecule has 60 heavy (non-hydrogen) atoms. The smallest absolute Gasteiger partial charge is 0.684 e. The Morgan fingerprint density at radius 2 is 1.47 bits per heavy atom. The van der Waals surface area contributed by atoms with Gasteiger partial charge in [-0.25, -0.2) is 0 Å². The number of hydrogen-bond donors (Lipinski definition) is 0. The molecule has 2 aliphatic rings. The first-order valence-electron chi connectivity index (χ1n) is 22.7. The van der Waals surface area contributed by atoms with Crippen LogP contribution in [0.3, 0.4) is 0 Å². The Bertz CT molecular complexity index is 2110. The number of carbonyl (C=O) groups excluding carboxylic acids is 2. The van der Waals surface area contributed by atoms with Crippen molar-refractivity contribution in [3.05, 3.63) is 96.1 Å². The monoisotopic (exact) mass is 825 g/mol. The van der Waals surface area contributed by atoms with Crippen LogP contribution in [0.5, 0.6) is 0 Å². The van der Waals surface area contributed by atoms with Crippen LogP contribution in [-0.2, 0) is 22.4 Å². The molecule has 0 radical (unpaired) electrons. The Kier molecular flexibility index (Phi) is 18.9. The number of rotatable bonds is 20. The SMILES string of the molecule is C=Cc1c2[n-]c(c1C)/C=C1\[N-]C(Cc3[n-]c(c(C)c3C=O)/C=c3\[n-]/c(c(C)c3CC)=C\2)[C@@H](CCC(=O)OC/C=C(\C)CCC[C@H](C)CCC[C@H](C)CCCC(C)C)[C@@H]1C.[Mg+2]. The Morgan fingerprint density at radius 3 is 2.12 bits per heavy atom. The minimum absolute atomic E-state index is 0. The maximum absolute atomic E-state index is 13.2. The molecule has 5 rings (SSSR count). The number of aldehydes is 1. The number of allylic oxidation sites excluding steroid dienone is 2. The van der Waals surface area contributed by atoms with E-state index < -0.39 is 0 Å². The van der Waals surface area contributed by atoms with Crippen LogP contribution in [0.4, 0.5) is 0 Å². The Balaban J connectivity index is 0.00000794. The summed E-state index contributed by atoms with van der Waals surface area (Å²) < 4.78 is 5.76. The average molecular weight is 825 g/mol. The van der Waals surface area contributed by atoms with Gasteiger partial charge >= 0.3 is 29.0 Å². The zero-order valence-electron chi connectivity index (χ0n) is 38.8. The molecule has 8 bridgehead atoms. The molecule has 0 spiro atoms. The standard InChI is InChI=1S/C52H73N4O3.Mg/c1-12-40-36(8)44-27-45-38(10)42(23-24-52(58)59-26-25-35(7)22-16-21-34(6)20-15-19-33(5)18-14-17-32(3)4)50(55-45)30-51-43(31-57)39(11)47(56-51)29-49-41(13-2)37(9)46(54-49)28-48(40)53-44;/h12,25,27-29,31-34,38,42,50H,1,13-24,26,30H2,2-11H3,(H,56,57);/q-3;+2/p-1/b35-25+,45-27-,46-28-,49-29-;/t33-,34-,38+,42+,50?;/m1./s1. The van der Waals surface area contributed by atoms with Crippen LogP contribution in [0.1, 0.15) is 180 Å². The fourth-order valence-electron chi connectivity index (χ4n) is 9.35. The van der Waals surface area contributed by atoms with E-state index >= 15 is 0 Å². The number of hydrogen-bond acceptors (Lipinski definition) is 3. The second-order valence-corrected chi connectivity index (χ2v) is 18.4. The molecule has 3 aromatic rings. The molecule has 5 heterocycles. The van der Waals surface area contributed by atoms with E-state index in [2.05, 4.69) is 87.1 Å². The van der Waals surface area contributed by atoms with Crippen LogP contribution in [0, 0.1) is 50.4 Å². The molecule has 0 N–H and O–H groups in total. The van der Waals surface area contributed by atoms with Crippen molar-refractivity contribution < 1.29 is 14.3 Å². The molecule has 3 aromatic heterocycles. The van der Waals surface area contributed by atoms with Crippen LogP contribution in [0.2, 0.25) is 0 Å². The third kappa shape index (κ3) is 12.6. The molecule has 1 fully saturated rings. The van der Waals surface area contributed by atoms with E-state index in [1.807, 2.05) is 19.1 Å². The zero-order valence-corrected chi connectivity index (χ0v) is 40.2. The van der Waals surface area contributed by atoms with Crippen LogP contribution in [0.15, 0.2) is 23.9 Å². The van der Waals surface area contributed by atoms with E-state index in [0.29, 0.717) is 31.4 Å². The van der Waals surface area contributed by atoms with Gasteiger partial charge in [0.25, 0.3) is 0 Å². The van der Waals surface area contributed by atoms with Crippen LogP contribution in [-0.4, -0.2) is 48.0 Å². The van der Waals surface area contributed by atoms with Gasteiger partial charge in [-0.1, -0.05) is 152 Å². The number of carbonyl (C=O) groups is 2. The summed E-state index contributed by atoms with van der Waals surface area (Å²) in [4.78, 5) is 40.9. The number of esters is 1. The molecule has 5 atom stereocenters. The van der Waals surface area contributed by atoms with Crippen LogP contribution >= 0.6 is 0 Å². The van der Waals surface area contributed by atoms with Crippen molar-refractivity contribution in [3.8, 4) is 0 Å². The maximum atomic E-state index is 13.2. The van der Waals surface area contributed by atoms with Gasteiger partial charge in [0.1, 0.15) is 12.9 Å². The summed E-state index contributed by atoms with van der Waals surface area (Å²) in [5.41, 5.74) is 11.2. The van der Waals surface area contributed by atoms with Gasteiger partial charge in [0, 0.05) is 6.42 Å². The first-order chi connectivity index (χ1) is 28.2. The predicted octanol–water partition coefficient (Wildman–Crippen LogP) is 10.4. The second kappa shape index (κ2) is 23.1. The third-order valence-corrected chi connectivity index (χ3v) is 13.4. The first kappa shape index (κ1) is 49.2. The number of fused-ring (bicyclic) bond motifs is 8. The molecule has 1 unspecified atom stereocenters. The largest absolute Gasteiger partial charge is 2.00 e. The van der Waals surface area contributed by atoms with Crippen molar-refractivity contribution in [2.75, 3.05) is 6.61 Å². The molecule has 0 saturated carbocycles. The summed E-state index contributed by atoms with van der Waals surface area (Å²) in [7, 11) is 0.